The van der Waals surface area contributed by atoms with E-state index in [-0.39, 0.29) is 13.4 Å². The molecule has 0 spiro atoms. The van der Waals surface area contributed by atoms with E-state index in [1.54, 1.807) is 0 Å². The summed E-state index contributed by atoms with van der Waals surface area (Å²) in [6.45, 7) is 7.00. The third-order valence-electron chi connectivity index (χ3n) is 13.2. The van der Waals surface area contributed by atoms with E-state index in [9.17, 15) is 0 Å². The van der Waals surface area contributed by atoms with Crippen LogP contribution in [0.25, 0.3) is 55.0 Å². The summed E-state index contributed by atoms with van der Waals surface area (Å²) in [4.78, 5) is 2.49. The van der Waals surface area contributed by atoms with Gasteiger partial charge in [-0.1, -0.05) is 137 Å². The zero-order valence-electron chi connectivity index (χ0n) is 31.5. The molecule has 0 atom stereocenters. The molecule has 13 rings (SSSR count). The molecule has 3 aliphatic rings. The van der Waals surface area contributed by atoms with Crippen LogP contribution in [-0.2, 0) is 0 Å². The van der Waals surface area contributed by atoms with Gasteiger partial charge in [0.05, 0.1) is 16.6 Å². The number of hydrogen-bond donors (Lipinski definition) is 0. The van der Waals surface area contributed by atoms with E-state index in [0.29, 0.717) is 0 Å². The van der Waals surface area contributed by atoms with Crippen LogP contribution in [0.2, 0.25) is 0 Å². The van der Waals surface area contributed by atoms with Crippen molar-refractivity contribution in [1.82, 2.24) is 9.13 Å². The van der Waals surface area contributed by atoms with Crippen LogP contribution in [0.4, 0.5) is 17.1 Å². The Balaban J connectivity index is 1.22. The third-order valence-corrected chi connectivity index (χ3v) is 13.2. The third kappa shape index (κ3) is 3.71. The largest absolute Gasteiger partial charge is 0.311 e. The molecule has 3 aliphatic heterocycles. The molecule has 0 unspecified atom stereocenters. The van der Waals surface area contributed by atoms with Gasteiger partial charge >= 0.3 is 0 Å². The molecule has 5 heteroatoms. The number of rotatable bonds is 2. The Bertz CT molecular complexity index is 3350. The minimum absolute atomic E-state index is 0.0569. The van der Waals surface area contributed by atoms with E-state index in [1.165, 1.54) is 122 Å². The van der Waals surface area contributed by atoms with E-state index < -0.39 is 0 Å². The van der Waals surface area contributed by atoms with Gasteiger partial charge in [0.25, 0.3) is 6.71 Å². The van der Waals surface area contributed by atoms with Gasteiger partial charge in [0.15, 0.2) is 0 Å². The molecule has 2 aromatic heterocycles. The van der Waals surface area contributed by atoms with Crippen molar-refractivity contribution in [3.05, 3.63) is 174 Å². The van der Waals surface area contributed by atoms with Crippen LogP contribution >= 0.6 is 0 Å². The van der Waals surface area contributed by atoms with E-state index in [0.717, 1.165) is 0 Å². The molecule has 0 amide bonds. The van der Waals surface area contributed by atoms with Crippen LogP contribution in [0.1, 0.15) is 16.7 Å². The summed E-state index contributed by atoms with van der Waals surface area (Å²) < 4.78 is 5.19. The Morgan fingerprint density at radius 3 is 1.68 bits per heavy atom. The standard InChI is InChI=1S/C51H35B2N3/c1-30-26-31(2)48(32(3)27-30)53-39-20-13-18-36-34-16-7-10-21-42(34)55(50(36)39)46-29-47-40(28-41(46)53)52-38-19-9-12-23-44(38)54(33-14-5-4-6-15-33)45-25-24-37-35-17-8-11-22-43(35)56(47)51(37)49(45)52/h4-29H,1-3H3. The van der Waals surface area contributed by atoms with Gasteiger partial charge in [-0.25, -0.2) is 0 Å². The van der Waals surface area contributed by atoms with Crippen LogP contribution in [0.3, 0.4) is 0 Å². The smallest absolute Gasteiger partial charge is 0.252 e. The van der Waals surface area contributed by atoms with Crippen LogP contribution in [-0.4, -0.2) is 22.6 Å². The Hall–Kier alpha value is -6.71. The van der Waals surface area contributed by atoms with Crippen LogP contribution in [0, 0.1) is 20.8 Å². The molecule has 56 heavy (non-hydrogen) atoms. The lowest BCUT2D eigenvalue weighted by molar-refractivity contribution is 1.14. The van der Waals surface area contributed by atoms with Gasteiger partial charge in [0.2, 0.25) is 6.71 Å². The van der Waals surface area contributed by atoms with Gasteiger partial charge in [0.1, 0.15) is 0 Å². The summed E-state index contributed by atoms with van der Waals surface area (Å²) in [6.07, 6.45) is 0. The molecule has 0 saturated heterocycles. The van der Waals surface area contributed by atoms with Crippen molar-refractivity contribution in [2.45, 2.75) is 20.8 Å². The maximum atomic E-state index is 2.63. The molecule has 260 valence electrons. The maximum Gasteiger partial charge on any atom is 0.252 e. The number of anilines is 3. The lowest BCUT2D eigenvalue weighted by Gasteiger charge is -2.40. The topological polar surface area (TPSA) is 13.1 Å². The predicted octanol–water partition coefficient (Wildman–Crippen LogP) is 8.25. The molecule has 10 aromatic rings. The lowest BCUT2D eigenvalue weighted by Crippen LogP contribution is -2.63. The summed E-state index contributed by atoms with van der Waals surface area (Å²) in [5.74, 6) is 0. The van der Waals surface area contributed by atoms with Crippen LogP contribution < -0.4 is 37.7 Å². The Kier molecular flexibility index (Phi) is 5.87. The van der Waals surface area contributed by atoms with Crippen molar-refractivity contribution in [2.24, 2.45) is 0 Å². The highest BCUT2D eigenvalue weighted by atomic mass is 15.2. The van der Waals surface area contributed by atoms with Crippen LogP contribution in [0.5, 0.6) is 0 Å². The second-order valence-electron chi connectivity index (χ2n) is 16.2. The summed E-state index contributed by atoms with van der Waals surface area (Å²) in [5, 5.41) is 5.22. The Morgan fingerprint density at radius 2 is 0.946 bits per heavy atom. The van der Waals surface area contributed by atoms with Crippen LogP contribution in [0.15, 0.2) is 158 Å². The van der Waals surface area contributed by atoms with Gasteiger partial charge in [-0.2, -0.15) is 0 Å². The second kappa shape index (κ2) is 10.7. The highest BCUT2D eigenvalue weighted by Gasteiger charge is 2.44. The van der Waals surface area contributed by atoms with Crippen molar-refractivity contribution in [3.8, 4) is 11.4 Å². The molecule has 0 N–H and O–H groups in total. The molecule has 3 nitrogen and oxygen atoms in total. The summed E-state index contributed by atoms with van der Waals surface area (Å²) in [7, 11) is 0. The number of fused-ring (bicyclic) bond motifs is 13. The Morgan fingerprint density at radius 1 is 0.375 bits per heavy atom. The molecule has 0 radical (unpaired) electrons. The summed E-state index contributed by atoms with van der Waals surface area (Å²) >= 11 is 0. The minimum Gasteiger partial charge on any atom is -0.311 e. The van der Waals surface area contributed by atoms with Crippen molar-refractivity contribution >= 4 is 107 Å². The number of nitrogens with zero attached hydrogens (tertiary/aromatic N) is 3. The van der Waals surface area contributed by atoms with Gasteiger partial charge in [0, 0.05) is 55.5 Å². The van der Waals surface area contributed by atoms with E-state index in [1.807, 2.05) is 0 Å². The van der Waals surface area contributed by atoms with Crippen molar-refractivity contribution in [2.75, 3.05) is 4.90 Å². The highest BCUT2D eigenvalue weighted by molar-refractivity contribution is 7.02. The molecular weight excluding hydrogens is 676 g/mol. The molecule has 5 heterocycles. The van der Waals surface area contributed by atoms with E-state index >= 15 is 0 Å². The fraction of sp³-hybridized carbons (Fsp3) is 0.0588. The molecule has 0 saturated carbocycles. The average Bonchev–Trinajstić information content (AvgIpc) is 3.75. The normalized spacial score (nSPS) is 13.5. The summed E-state index contributed by atoms with van der Waals surface area (Å²) in [5.41, 5.74) is 23.7. The minimum atomic E-state index is 0.0569. The first-order valence-corrected chi connectivity index (χ1v) is 19.9. The average molecular weight is 711 g/mol. The number of aromatic nitrogens is 2. The van der Waals surface area contributed by atoms with Gasteiger partial charge in [-0.15, -0.1) is 0 Å². The Labute approximate surface area is 326 Å². The fourth-order valence-electron chi connectivity index (χ4n) is 11.3. The van der Waals surface area contributed by atoms with E-state index in [2.05, 4.69) is 193 Å². The van der Waals surface area contributed by atoms with E-state index in [4.69, 9.17) is 0 Å². The first kappa shape index (κ1) is 30.6. The number of aryl methyl sites for hydroxylation is 3. The summed E-state index contributed by atoms with van der Waals surface area (Å²) in [6, 6.07) is 59.8. The number of benzene rings is 8. The zero-order chi connectivity index (χ0) is 37.0. The van der Waals surface area contributed by atoms with Crippen molar-refractivity contribution in [3.63, 3.8) is 0 Å². The van der Waals surface area contributed by atoms with Gasteiger partial charge < -0.3 is 14.0 Å². The number of hydrogen-bond acceptors (Lipinski definition) is 1. The quantitative estimate of drug-likeness (QED) is 0.165. The highest BCUT2D eigenvalue weighted by Crippen LogP contribution is 2.43. The molecule has 0 aliphatic carbocycles. The van der Waals surface area contributed by atoms with Gasteiger partial charge in [-0.05, 0) is 90.5 Å². The lowest BCUT2D eigenvalue weighted by atomic mass is 9.31. The SMILES string of the molecule is Cc1cc(C)c(B2c3cc4c(cc3-n3c5ccccc5c5cccc2c53)-n2c3ccccc3c3ccc5c(c32)B4c2ccccc2N5c2ccccc2)c(C)c1. The zero-order valence-corrected chi connectivity index (χ0v) is 31.5. The number of para-hydroxylation sites is 5. The monoisotopic (exact) mass is 711 g/mol. The molecule has 8 aromatic carbocycles. The fourth-order valence-corrected chi connectivity index (χ4v) is 11.3. The predicted molar refractivity (Wildman–Crippen MR) is 240 cm³/mol. The maximum absolute atomic E-state index is 2.63. The van der Waals surface area contributed by atoms with Crippen molar-refractivity contribution in [1.29, 1.82) is 0 Å². The first-order chi connectivity index (χ1) is 27.6. The van der Waals surface area contributed by atoms with Gasteiger partial charge in [-0.3, -0.25) is 0 Å². The molecule has 0 bridgehead atoms. The van der Waals surface area contributed by atoms with Crippen molar-refractivity contribution < 1.29 is 0 Å². The molecular formula is C51H35B2N3. The first-order valence-electron chi connectivity index (χ1n) is 19.9. The molecule has 0 fully saturated rings. The second-order valence-corrected chi connectivity index (χ2v) is 16.2.